The van der Waals surface area contributed by atoms with Crippen LogP contribution in [0.15, 0.2) is 30.5 Å². The maximum absolute atomic E-state index is 13.5. The van der Waals surface area contributed by atoms with Crippen LogP contribution in [0.4, 0.5) is 13.2 Å². The van der Waals surface area contributed by atoms with Crippen LogP contribution < -0.4 is 0 Å². The summed E-state index contributed by atoms with van der Waals surface area (Å²) in [5.74, 6) is -4.56. The fourth-order valence-electron chi connectivity index (χ4n) is 1.52. The Hall–Kier alpha value is -2.37. The van der Waals surface area contributed by atoms with Crippen molar-refractivity contribution in [1.82, 2.24) is 4.98 Å². The molecule has 1 heterocycles. The van der Waals surface area contributed by atoms with E-state index in [1.165, 1.54) is 6.07 Å². The second-order valence-electron chi connectivity index (χ2n) is 3.48. The molecule has 2 rings (SSSR count). The lowest BCUT2D eigenvalue weighted by atomic mass is 10.0. The molecule has 0 saturated heterocycles. The van der Waals surface area contributed by atoms with Crippen LogP contribution in [0.5, 0.6) is 0 Å². The lowest BCUT2D eigenvalue weighted by molar-refractivity contribution is 0.0690. The van der Waals surface area contributed by atoms with Crippen molar-refractivity contribution in [2.45, 2.75) is 0 Å². The summed E-state index contributed by atoms with van der Waals surface area (Å²) >= 11 is 0. The van der Waals surface area contributed by atoms with Crippen LogP contribution in [-0.2, 0) is 0 Å². The fourth-order valence-corrected chi connectivity index (χ4v) is 1.52. The predicted octanol–water partition coefficient (Wildman–Crippen LogP) is 2.86. The number of pyridine rings is 1. The summed E-state index contributed by atoms with van der Waals surface area (Å²) in [6.45, 7) is 0. The van der Waals surface area contributed by atoms with Crippen molar-refractivity contribution in [2.24, 2.45) is 0 Å². The molecule has 0 fully saturated rings. The lowest BCUT2D eigenvalue weighted by Gasteiger charge is -2.06. The molecule has 2 aromatic rings. The number of nitrogens with zero attached hydrogens (tertiary/aromatic N) is 1. The monoisotopic (exact) mass is 253 g/mol. The van der Waals surface area contributed by atoms with Gasteiger partial charge in [-0.3, -0.25) is 0 Å². The van der Waals surface area contributed by atoms with Crippen LogP contribution in [0.25, 0.3) is 11.1 Å². The van der Waals surface area contributed by atoms with Crippen molar-refractivity contribution >= 4 is 5.97 Å². The van der Waals surface area contributed by atoms with E-state index in [4.69, 9.17) is 5.11 Å². The molecule has 6 heteroatoms. The van der Waals surface area contributed by atoms with Gasteiger partial charge in [-0.25, -0.2) is 22.9 Å². The SMILES string of the molecule is O=C(O)c1cc(-c2c(F)cc(F)cc2F)ccn1. The zero-order valence-electron chi connectivity index (χ0n) is 8.82. The number of carboxylic acids is 1. The number of hydrogen-bond donors (Lipinski definition) is 1. The minimum Gasteiger partial charge on any atom is -0.477 e. The molecule has 1 aromatic heterocycles. The molecule has 0 spiro atoms. The highest BCUT2D eigenvalue weighted by atomic mass is 19.1. The van der Waals surface area contributed by atoms with Gasteiger partial charge in [0.2, 0.25) is 0 Å². The Kier molecular flexibility index (Phi) is 3.01. The third kappa shape index (κ3) is 2.17. The number of rotatable bonds is 2. The summed E-state index contributed by atoms with van der Waals surface area (Å²) in [5, 5.41) is 8.73. The van der Waals surface area contributed by atoms with Gasteiger partial charge < -0.3 is 5.11 Å². The molecule has 0 aliphatic carbocycles. The first-order valence-electron chi connectivity index (χ1n) is 4.83. The lowest BCUT2D eigenvalue weighted by Crippen LogP contribution is -2.01. The largest absolute Gasteiger partial charge is 0.477 e. The molecule has 92 valence electrons. The quantitative estimate of drug-likeness (QED) is 0.895. The van der Waals surface area contributed by atoms with Crippen LogP contribution >= 0.6 is 0 Å². The van der Waals surface area contributed by atoms with Gasteiger partial charge in [-0.2, -0.15) is 0 Å². The molecule has 0 amide bonds. The maximum Gasteiger partial charge on any atom is 0.354 e. The van der Waals surface area contributed by atoms with Crippen molar-refractivity contribution in [3.63, 3.8) is 0 Å². The van der Waals surface area contributed by atoms with Gasteiger partial charge >= 0.3 is 5.97 Å². The third-order valence-corrected chi connectivity index (χ3v) is 2.27. The van der Waals surface area contributed by atoms with E-state index in [2.05, 4.69) is 4.98 Å². The minimum atomic E-state index is -1.32. The van der Waals surface area contributed by atoms with Gasteiger partial charge in [-0.15, -0.1) is 0 Å². The van der Waals surface area contributed by atoms with Gasteiger partial charge in [-0.1, -0.05) is 0 Å². The van der Waals surface area contributed by atoms with E-state index in [9.17, 15) is 18.0 Å². The molecular weight excluding hydrogens is 247 g/mol. The second-order valence-corrected chi connectivity index (χ2v) is 3.48. The molecule has 1 N–H and O–H groups in total. The molecule has 0 aliphatic heterocycles. The molecule has 3 nitrogen and oxygen atoms in total. The van der Waals surface area contributed by atoms with E-state index in [0.29, 0.717) is 12.1 Å². The Morgan fingerprint density at radius 2 is 1.72 bits per heavy atom. The van der Waals surface area contributed by atoms with Crippen LogP contribution in [0.1, 0.15) is 10.5 Å². The van der Waals surface area contributed by atoms with E-state index >= 15 is 0 Å². The van der Waals surface area contributed by atoms with E-state index in [0.717, 1.165) is 12.3 Å². The number of halogens is 3. The number of carbonyl (C=O) groups is 1. The molecule has 0 radical (unpaired) electrons. The van der Waals surface area contributed by atoms with Gasteiger partial charge in [0.1, 0.15) is 23.1 Å². The van der Waals surface area contributed by atoms with Crippen molar-refractivity contribution in [2.75, 3.05) is 0 Å². The highest BCUT2D eigenvalue weighted by Gasteiger charge is 2.15. The van der Waals surface area contributed by atoms with Crippen molar-refractivity contribution in [3.8, 4) is 11.1 Å². The predicted molar refractivity (Wildman–Crippen MR) is 56.5 cm³/mol. The summed E-state index contributed by atoms with van der Waals surface area (Å²) in [4.78, 5) is 14.2. The first-order valence-corrected chi connectivity index (χ1v) is 4.83. The number of hydrogen-bond acceptors (Lipinski definition) is 2. The molecule has 1 aromatic carbocycles. The van der Waals surface area contributed by atoms with Crippen molar-refractivity contribution < 1.29 is 23.1 Å². The Morgan fingerprint density at radius 1 is 1.11 bits per heavy atom. The maximum atomic E-state index is 13.5. The topological polar surface area (TPSA) is 50.2 Å². The molecule has 0 unspecified atom stereocenters. The van der Waals surface area contributed by atoms with Gasteiger partial charge in [0.25, 0.3) is 0 Å². The fraction of sp³-hybridized carbons (Fsp3) is 0. The number of benzene rings is 1. The highest BCUT2D eigenvalue weighted by Crippen LogP contribution is 2.27. The number of aromatic carboxylic acids is 1. The minimum absolute atomic E-state index is 0.0163. The van der Waals surface area contributed by atoms with E-state index in [1.54, 1.807) is 0 Å². The molecular formula is C12H6F3NO2. The van der Waals surface area contributed by atoms with Gasteiger partial charge in [0.15, 0.2) is 0 Å². The van der Waals surface area contributed by atoms with E-state index in [-0.39, 0.29) is 11.3 Å². The summed E-state index contributed by atoms with van der Waals surface area (Å²) in [6.07, 6.45) is 1.11. The Bertz CT molecular complexity index is 605. The summed E-state index contributed by atoms with van der Waals surface area (Å²) in [6, 6.07) is 3.31. The number of carboxylic acid groups (broad SMARTS) is 1. The summed E-state index contributed by atoms with van der Waals surface area (Å²) in [7, 11) is 0. The molecule has 0 aliphatic rings. The second kappa shape index (κ2) is 4.48. The van der Waals surface area contributed by atoms with Crippen LogP contribution in [0, 0.1) is 17.5 Å². The van der Waals surface area contributed by atoms with Gasteiger partial charge in [-0.05, 0) is 17.7 Å². The molecule has 18 heavy (non-hydrogen) atoms. The zero-order valence-corrected chi connectivity index (χ0v) is 8.82. The summed E-state index contributed by atoms with van der Waals surface area (Å²) < 4.78 is 39.7. The average Bonchev–Trinajstić information content (AvgIpc) is 2.28. The van der Waals surface area contributed by atoms with E-state index in [1.807, 2.05) is 0 Å². The van der Waals surface area contributed by atoms with Crippen LogP contribution in [0.2, 0.25) is 0 Å². The third-order valence-electron chi connectivity index (χ3n) is 2.27. The molecule has 0 bridgehead atoms. The first-order chi connectivity index (χ1) is 8.49. The normalized spacial score (nSPS) is 10.4. The van der Waals surface area contributed by atoms with Crippen molar-refractivity contribution in [3.05, 3.63) is 53.6 Å². The van der Waals surface area contributed by atoms with E-state index < -0.39 is 29.0 Å². The highest BCUT2D eigenvalue weighted by molar-refractivity contribution is 5.87. The molecule has 0 saturated carbocycles. The number of aromatic nitrogens is 1. The Balaban J connectivity index is 2.62. The first kappa shape index (κ1) is 12.1. The van der Waals surface area contributed by atoms with Gasteiger partial charge in [0, 0.05) is 18.3 Å². The molecule has 0 atom stereocenters. The average molecular weight is 253 g/mol. The Morgan fingerprint density at radius 3 is 2.28 bits per heavy atom. The Labute approximate surface area is 99.5 Å². The standard InChI is InChI=1S/C12H6F3NO2/c13-7-4-8(14)11(9(15)5-7)6-1-2-16-10(3-6)12(17)18/h1-5H,(H,17,18). The van der Waals surface area contributed by atoms with Crippen LogP contribution in [-0.4, -0.2) is 16.1 Å². The smallest absolute Gasteiger partial charge is 0.354 e. The zero-order chi connectivity index (χ0) is 13.3. The summed E-state index contributed by atoms with van der Waals surface area (Å²) in [5.41, 5.74) is -0.852. The van der Waals surface area contributed by atoms with Crippen molar-refractivity contribution in [1.29, 1.82) is 0 Å². The van der Waals surface area contributed by atoms with Crippen LogP contribution in [0.3, 0.4) is 0 Å². The van der Waals surface area contributed by atoms with Gasteiger partial charge in [0.05, 0.1) is 5.56 Å².